The molecule has 1 aromatic heterocycles. The predicted molar refractivity (Wildman–Crippen MR) is 101 cm³/mol. The number of likely N-dealkylation sites (tertiary alicyclic amines) is 1. The van der Waals surface area contributed by atoms with Crippen LogP contribution in [0.25, 0.3) is 10.9 Å². The maximum Gasteiger partial charge on any atom is 0.252 e. The summed E-state index contributed by atoms with van der Waals surface area (Å²) in [6.07, 6.45) is 3.67. The molecular formula is C21H27FN3O+. The lowest BCUT2D eigenvalue weighted by atomic mass is 9.95. The third-order valence-corrected chi connectivity index (χ3v) is 6.04. The van der Waals surface area contributed by atoms with Gasteiger partial charge in [0.15, 0.2) is 0 Å². The molecular weight excluding hydrogens is 329 g/mol. The van der Waals surface area contributed by atoms with Crippen molar-refractivity contribution in [3.63, 3.8) is 0 Å². The van der Waals surface area contributed by atoms with Gasteiger partial charge in [0.1, 0.15) is 11.9 Å². The molecule has 0 aliphatic carbocycles. The minimum absolute atomic E-state index is 0.0949. The molecule has 0 atom stereocenters. The first kappa shape index (κ1) is 18.6. The van der Waals surface area contributed by atoms with Gasteiger partial charge < -0.3 is 9.05 Å². The van der Waals surface area contributed by atoms with Crippen LogP contribution in [-0.2, 0) is 6.54 Å². The van der Waals surface area contributed by atoms with Gasteiger partial charge in [0.25, 0.3) is 5.56 Å². The molecule has 26 heavy (non-hydrogen) atoms. The van der Waals surface area contributed by atoms with Gasteiger partial charge >= 0.3 is 0 Å². The number of nitrogens with zero attached hydrogens (tertiary/aromatic N) is 3. The summed E-state index contributed by atoms with van der Waals surface area (Å²) in [4.78, 5) is 12.6. The number of halogens is 1. The lowest BCUT2D eigenvalue weighted by molar-refractivity contribution is -0.975. The van der Waals surface area contributed by atoms with Crippen LogP contribution in [0.1, 0.15) is 45.6 Å². The van der Waals surface area contributed by atoms with Crippen LogP contribution < -0.4 is 5.56 Å². The Hall–Kier alpha value is -2.19. The SMILES string of the molecule is CC(C)(C)[N+]1(CCn2c(=O)cc(C#N)c3ccc(F)cc32)CCCCC1. The zero-order valence-corrected chi connectivity index (χ0v) is 15.9. The van der Waals surface area contributed by atoms with Crippen LogP contribution in [0.2, 0.25) is 0 Å². The highest BCUT2D eigenvalue weighted by Gasteiger charge is 2.40. The Morgan fingerprint density at radius 1 is 1.19 bits per heavy atom. The summed E-state index contributed by atoms with van der Waals surface area (Å²) in [6.45, 7) is 10.4. The van der Waals surface area contributed by atoms with Crippen molar-refractivity contribution in [3.8, 4) is 6.07 Å². The third-order valence-electron chi connectivity index (χ3n) is 6.04. The number of hydrogen-bond acceptors (Lipinski definition) is 2. The zero-order valence-electron chi connectivity index (χ0n) is 15.9. The standard InChI is InChI=1S/C21H27FN3O/c1-21(2,3)25(10-5-4-6-11-25)12-9-24-19-14-17(22)7-8-18(19)16(15-23)13-20(24)26/h7-8,13-14H,4-6,9-12H2,1-3H3/q+1. The minimum Gasteiger partial charge on any atom is -0.318 e. The number of quaternary nitrogens is 1. The zero-order chi connectivity index (χ0) is 18.9. The average Bonchev–Trinajstić information content (AvgIpc) is 2.60. The molecule has 1 aliphatic rings. The summed E-state index contributed by atoms with van der Waals surface area (Å²) >= 11 is 0. The van der Waals surface area contributed by atoms with Crippen molar-refractivity contribution in [2.45, 2.75) is 52.1 Å². The fourth-order valence-electron chi connectivity index (χ4n) is 4.32. The van der Waals surface area contributed by atoms with Crippen molar-refractivity contribution in [2.24, 2.45) is 0 Å². The second kappa shape index (κ2) is 6.85. The Bertz CT molecular complexity index is 912. The molecule has 138 valence electrons. The van der Waals surface area contributed by atoms with E-state index in [0.717, 1.165) is 24.1 Å². The first-order valence-electron chi connectivity index (χ1n) is 9.37. The quantitative estimate of drug-likeness (QED) is 0.785. The fourth-order valence-corrected chi connectivity index (χ4v) is 4.32. The van der Waals surface area contributed by atoms with Gasteiger partial charge in [-0.1, -0.05) is 0 Å². The largest absolute Gasteiger partial charge is 0.318 e. The van der Waals surface area contributed by atoms with E-state index in [0.29, 0.717) is 23.0 Å². The number of piperidine rings is 1. The Balaban J connectivity index is 2.04. The smallest absolute Gasteiger partial charge is 0.252 e. The summed E-state index contributed by atoms with van der Waals surface area (Å²) in [6, 6.07) is 7.73. The van der Waals surface area contributed by atoms with Gasteiger partial charge in [-0.05, 0) is 58.2 Å². The van der Waals surface area contributed by atoms with Gasteiger partial charge in [-0.2, -0.15) is 5.26 Å². The van der Waals surface area contributed by atoms with E-state index in [9.17, 15) is 14.4 Å². The second-order valence-electron chi connectivity index (χ2n) is 8.37. The van der Waals surface area contributed by atoms with Crippen LogP contribution in [0.3, 0.4) is 0 Å². The third kappa shape index (κ3) is 3.26. The van der Waals surface area contributed by atoms with Crippen molar-refractivity contribution >= 4 is 10.9 Å². The number of pyridine rings is 1. The lowest BCUT2D eigenvalue weighted by Crippen LogP contribution is -2.63. The van der Waals surface area contributed by atoms with E-state index in [4.69, 9.17) is 0 Å². The molecule has 0 spiro atoms. The Labute approximate surface area is 154 Å². The highest BCUT2D eigenvalue weighted by molar-refractivity contribution is 5.84. The van der Waals surface area contributed by atoms with Crippen molar-refractivity contribution in [2.75, 3.05) is 19.6 Å². The molecule has 2 aromatic rings. The maximum absolute atomic E-state index is 13.8. The predicted octanol–water partition coefficient (Wildman–Crippen LogP) is 3.81. The highest BCUT2D eigenvalue weighted by Crippen LogP contribution is 2.30. The first-order valence-corrected chi connectivity index (χ1v) is 9.37. The van der Waals surface area contributed by atoms with Gasteiger partial charge in [0.2, 0.25) is 0 Å². The monoisotopic (exact) mass is 356 g/mol. The van der Waals surface area contributed by atoms with Crippen LogP contribution in [0.4, 0.5) is 4.39 Å². The molecule has 5 heteroatoms. The van der Waals surface area contributed by atoms with Crippen LogP contribution in [-0.4, -0.2) is 34.2 Å². The van der Waals surface area contributed by atoms with Gasteiger partial charge in [-0.15, -0.1) is 0 Å². The van der Waals surface area contributed by atoms with Crippen molar-refractivity contribution in [3.05, 3.63) is 46.0 Å². The highest BCUT2D eigenvalue weighted by atomic mass is 19.1. The van der Waals surface area contributed by atoms with E-state index in [1.807, 2.05) is 0 Å². The molecule has 1 saturated heterocycles. The molecule has 0 bridgehead atoms. The molecule has 0 unspecified atom stereocenters. The molecule has 0 N–H and O–H groups in total. The Morgan fingerprint density at radius 3 is 2.50 bits per heavy atom. The number of rotatable bonds is 3. The van der Waals surface area contributed by atoms with Gasteiger partial charge in [0.05, 0.1) is 42.8 Å². The van der Waals surface area contributed by atoms with Crippen molar-refractivity contribution in [1.29, 1.82) is 5.26 Å². The molecule has 3 rings (SSSR count). The normalized spacial score (nSPS) is 17.2. The summed E-state index contributed by atoms with van der Waals surface area (Å²) in [5, 5.41) is 9.94. The average molecular weight is 356 g/mol. The molecule has 0 amide bonds. The van der Waals surface area contributed by atoms with E-state index >= 15 is 0 Å². The first-order chi connectivity index (χ1) is 12.3. The summed E-state index contributed by atoms with van der Waals surface area (Å²) in [5.74, 6) is -0.390. The minimum atomic E-state index is -0.390. The van der Waals surface area contributed by atoms with Crippen LogP contribution in [0.5, 0.6) is 0 Å². The van der Waals surface area contributed by atoms with Crippen molar-refractivity contribution < 1.29 is 8.87 Å². The van der Waals surface area contributed by atoms with Crippen LogP contribution in [0, 0.1) is 17.1 Å². The Morgan fingerprint density at radius 2 is 1.88 bits per heavy atom. The molecule has 1 aromatic carbocycles. The topological polar surface area (TPSA) is 45.8 Å². The number of nitriles is 1. The summed E-state index contributed by atoms with van der Waals surface area (Å²) < 4.78 is 16.4. The van der Waals surface area contributed by atoms with E-state index in [1.54, 1.807) is 10.6 Å². The van der Waals surface area contributed by atoms with Gasteiger partial charge in [-0.25, -0.2) is 4.39 Å². The van der Waals surface area contributed by atoms with Crippen LogP contribution >= 0.6 is 0 Å². The molecule has 1 fully saturated rings. The molecule has 0 radical (unpaired) electrons. The molecule has 1 aliphatic heterocycles. The number of benzene rings is 1. The molecule has 4 nitrogen and oxygen atoms in total. The van der Waals surface area contributed by atoms with Gasteiger partial charge in [0, 0.05) is 11.5 Å². The van der Waals surface area contributed by atoms with Crippen LogP contribution in [0.15, 0.2) is 29.1 Å². The van der Waals surface area contributed by atoms with E-state index in [-0.39, 0.29) is 11.1 Å². The molecule has 0 saturated carbocycles. The lowest BCUT2D eigenvalue weighted by Gasteiger charge is -2.51. The summed E-state index contributed by atoms with van der Waals surface area (Å²) in [7, 11) is 0. The van der Waals surface area contributed by atoms with E-state index in [2.05, 4.69) is 26.8 Å². The van der Waals surface area contributed by atoms with Crippen molar-refractivity contribution in [1.82, 2.24) is 4.57 Å². The summed E-state index contributed by atoms with van der Waals surface area (Å²) in [5.41, 5.74) is 0.679. The Kier molecular flexibility index (Phi) is 4.90. The number of hydrogen-bond donors (Lipinski definition) is 0. The van der Waals surface area contributed by atoms with E-state index in [1.165, 1.54) is 37.5 Å². The van der Waals surface area contributed by atoms with E-state index < -0.39 is 5.82 Å². The fraction of sp³-hybridized carbons (Fsp3) is 0.524. The second-order valence-corrected chi connectivity index (χ2v) is 8.37. The molecule has 2 heterocycles. The maximum atomic E-state index is 13.8. The number of aromatic nitrogens is 1. The van der Waals surface area contributed by atoms with Gasteiger partial charge in [-0.3, -0.25) is 4.79 Å². The number of fused-ring (bicyclic) bond motifs is 1.